The van der Waals surface area contributed by atoms with Crippen LogP contribution in [0.4, 0.5) is 10.1 Å². The monoisotopic (exact) mass is 319 g/mol. The Morgan fingerprint density at radius 3 is 2.53 bits per heavy atom. The van der Waals surface area contributed by atoms with Crippen molar-refractivity contribution in [3.63, 3.8) is 0 Å². The van der Waals surface area contributed by atoms with Crippen molar-refractivity contribution in [2.45, 2.75) is 10.1 Å². The summed E-state index contributed by atoms with van der Waals surface area (Å²) in [6.45, 7) is 0. The lowest BCUT2D eigenvalue weighted by Gasteiger charge is -2.18. The lowest BCUT2D eigenvalue weighted by Crippen LogP contribution is -2.26. The third-order valence-corrected chi connectivity index (χ3v) is 6.35. The first kappa shape index (κ1) is 14.3. The Balaban J connectivity index is 2.42. The van der Waals surface area contributed by atoms with Crippen LogP contribution < -0.4 is 4.31 Å². The van der Waals surface area contributed by atoms with Crippen LogP contribution in [0.5, 0.6) is 0 Å². The summed E-state index contributed by atoms with van der Waals surface area (Å²) >= 11 is 6.74. The van der Waals surface area contributed by atoms with E-state index in [4.69, 9.17) is 11.6 Å². The van der Waals surface area contributed by atoms with Gasteiger partial charge in [0.15, 0.2) is 0 Å². The minimum absolute atomic E-state index is 0.0170. The number of para-hydroxylation sites is 1. The first-order chi connectivity index (χ1) is 8.96. The number of hydrogen-bond acceptors (Lipinski definition) is 3. The summed E-state index contributed by atoms with van der Waals surface area (Å²) in [5.74, 6) is -0.327. The highest BCUT2D eigenvalue weighted by atomic mass is 35.5. The summed E-state index contributed by atoms with van der Waals surface area (Å²) in [6.07, 6.45) is 0. The molecule has 1 aromatic carbocycles. The van der Waals surface area contributed by atoms with Gasteiger partial charge in [-0.15, -0.1) is 22.9 Å². The van der Waals surface area contributed by atoms with Gasteiger partial charge in [0.05, 0.1) is 11.6 Å². The standard InChI is InChI=1S/C12H11ClFNO2S2/c1-15(11-5-3-2-4-10(11)14)19(16,17)12-7-6-9(8-13)18-12/h2-7H,8H2,1H3. The van der Waals surface area contributed by atoms with E-state index in [2.05, 4.69) is 0 Å². The van der Waals surface area contributed by atoms with Gasteiger partial charge in [-0.25, -0.2) is 12.8 Å². The van der Waals surface area contributed by atoms with Crippen molar-refractivity contribution >= 4 is 38.6 Å². The quantitative estimate of drug-likeness (QED) is 0.809. The molecule has 102 valence electrons. The Morgan fingerprint density at radius 1 is 1.26 bits per heavy atom. The van der Waals surface area contributed by atoms with Crippen molar-refractivity contribution in [2.24, 2.45) is 0 Å². The van der Waals surface area contributed by atoms with E-state index in [0.717, 1.165) is 20.5 Å². The molecule has 0 amide bonds. The van der Waals surface area contributed by atoms with Crippen molar-refractivity contribution in [2.75, 3.05) is 11.4 Å². The molecule has 0 aliphatic heterocycles. The second-order valence-electron chi connectivity index (χ2n) is 3.78. The lowest BCUT2D eigenvalue weighted by molar-refractivity contribution is 0.591. The fourth-order valence-electron chi connectivity index (χ4n) is 1.54. The predicted molar refractivity (Wildman–Crippen MR) is 75.9 cm³/mol. The largest absolute Gasteiger partial charge is 0.273 e. The number of sulfonamides is 1. The van der Waals surface area contributed by atoms with Crippen LogP contribution in [-0.4, -0.2) is 15.5 Å². The highest BCUT2D eigenvalue weighted by Gasteiger charge is 2.24. The maximum atomic E-state index is 13.6. The third-order valence-electron chi connectivity index (χ3n) is 2.58. The van der Waals surface area contributed by atoms with E-state index >= 15 is 0 Å². The summed E-state index contributed by atoms with van der Waals surface area (Å²) in [4.78, 5) is 0.752. The van der Waals surface area contributed by atoms with Gasteiger partial charge in [-0.05, 0) is 24.3 Å². The van der Waals surface area contributed by atoms with Gasteiger partial charge in [0.2, 0.25) is 0 Å². The molecule has 0 spiro atoms. The number of anilines is 1. The highest BCUT2D eigenvalue weighted by molar-refractivity contribution is 7.94. The molecule has 0 N–H and O–H groups in total. The smallest absolute Gasteiger partial charge is 0.266 e. The molecule has 7 heteroatoms. The molecule has 1 aromatic heterocycles. The molecule has 0 fully saturated rings. The van der Waals surface area contributed by atoms with Crippen LogP contribution in [0.25, 0.3) is 0 Å². The van der Waals surface area contributed by atoms with E-state index in [9.17, 15) is 12.8 Å². The number of nitrogens with zero attached hydrogens (tertiary/aromatic N) is 1. The zero-order valence-corrected chi connectivity index (χ0v) is 12.4. The topological polar surface area (TPSA) is 37.4 Å². The molecule has 3 nitrogen and oxygen atoms in total. The van der Waals surface area contributed by atoms with Gasteiger partial charge in [0, 0.05) is 11.9 Å². The summed E-state index contributed by atoms with van der Waals surface area (Å²) in [5.41, 5.74) is 0.0170. The molecule has 0 radical (unpaired) electrons. The van der Waals surface area contributed by atoms with Crippen molar-refractivity contribution in [3.05, 3.63) is 47.1 Å². The number of benzene rings is 1. The van der Waals surface area contributed by atoms with E-state index in [1.54, 1.807) is 12.1 Å². The van der Waals surface area contributed by atoms with Gasteiger partial charge in [-0.1, -0.05) is 12.1 Å². The van der Waals surface area contributed by atoms with Gasteiger partial charge < -0.3 is 0 Å². The molecular weight excluding hydrogens is 309 g/mol. The fraction of sp³-hybridized carbons (Fsp3) is 0.167. The molecule has 2 rings (SSSR count). The van der Waals surface area contributed by atoms with E-state index in [1.165, 1.54) is 31.3 Å². The lowest BCUT2D eigenvalue weighted by atomic mass is 10.3. The Hall–Kier alpha value is -1.11. The van der Waals surface area contributed by atoms with Gasteiger partial charge in [-0.3, -0.25) is 4.31 Å². The molecule has 0 saturated heterocycles. The number of rotatable bonds is 4. The third kappa shape index (κ3) is 2.75. The average molecular weight is 320 g/mol. The van der Waals surface area contributed by atoms with Crippen LogP contribution in [0, 0.1) is 5.82 Å². The molecule has 2 aromatic rings. The van der Waals surface area contributed by atoms with E-state index in [-0.39, 0.29) is 15.8 Å². The van der Waals surface area contributed by atoms with Gasteiger partial charge >= 0.3 is 0 Å². The second-order valence-corrected chi connectivity index (χ2v) is 7.41. The maximum Gasteiger partial charge on any atom is 0.273 e. The van der Waals surface area contributed by atoms with Gasteiger partial charge in [0.1, 0.15) is 10.0 Å². The van der Waals surface area contributed by atoms with Gasteiger partial charge in [-0.2, -0.15) is 0 Å². The molecule has 0 unspecified atom stereocenters. The van der Waals surface area contributed by atoms with Crippen molar-refractivity contribution in [1.29, 1.82) is 0 Å². The summed E-state index contributed by atoms with van der Waals surface area (Å²) in [5, 5.41) is 0. The molecule has 19 heavy (non-hydrogen) atoms. The minimum Gasteiger partial charge on any atom is -0.266 e. The number of halogens is 2. The van der Waals surface area contributed by atoms with E-state index in [1.807, 2.05) is 0 Å². The SMILES string of the molecule is CN(c1ccccc1F)S(=O)(=O)c1ccc(CCl)s1. The van der Waals surface area contributed by atoms with Crippen LogP contribution in [0.3, 0.4) is 0 Å². The van der Waals surface area contributed by atoms with Gasteiger partial charge in [0.25, 0.3) is 10.0 Å². The Kier molecular flexibility index (Phi) is 4.13. The molecule has 0 bridgehead atoms. The predicted octanol–water partition coefficient (Wildman–Crippen LogP) is 3.45. The number of hydrogen-bond donors (Lipinski definition) is 0. The minimum atomic E-state index is -3.75. The van der Waals surface area contributed by atoms with Crippen molar-refractivity contribution in [1.82, 2.24) is 0 Å². The molecule has 1 heterocycles. The number of thiophene rings is 1. The maximum absolute atomic E-state index is 13.6. The molecule has 0 aliphatic rings. The molecular formula is C12H11ClFNO2S2. The Morgan fingerprint density at radius 2 is 1.95 bits per heavy atom. The normalized spacial score (nSPS) is 11.5. The van der Waals surface area contributed by atoms with Crippen LogP contribution in [-0.2, 0) is 15.9 Å². The second kappa shape index (κ2) is 5.48. The zero-order valence-electron chi connectivity index (χ0n) is 10.0. The average Bonchev–Trinajstić information content (AvgIpc) is 2.88. The Labute approximate surface area is 120 Å². The number of alkyl halides is 1. The van der Waals surface area contributed by atoms with Crippen LogP contribution in [0.2, 0.25) is 0 Å². The Bertz CT molecular complexity index is 685. The van der Waals surface area contributed by atoms with Crippen LogP contribution in [0.1, 0.15) is 4.88 Å². The fourth-order valence-corrected chi connectivity index (χ4v) is 4.37. The first-order valence-electron chi connectivity index (χ1n) is 5.35. The zero-order chi connectivity index (χ0) is 14.0. The summed E-state index contributed by atoms with van der Waals surface area (Å²) in [6, 6.07) is 8.87. The van der Waals surface area contributed by atoms with Crippen LogP contribution >= 0.6 is 22.9 Å². The summed E-state index contributed by atoms with van der Waals surface area (Å²) < 4.78 is 39.4. The molecule has 0 atom stereocenters. The van der Waals surface area contributed by atoms with Crippen LogP contribution in [0.15, 0.2) is 40.6 Å². The van der Waals surface area contributed by atoms with E-state index < -0.39 is 15.8 Å². The van der Waals surface area contributed by atoms with Crippen molar-refractivity contribution in [3.8, 4) is 0 Å². The van der Waals surface area contributed by atoms with E-state index in [0.29, 0.717) is 0 Å². The molecule has 0 aliphatic carbocycles. The first-order valence-corrected chi connectivity index (χ1v) is 8.14. The molecule has 0 saturated carbocycles. The van der Waals surface area contributed by atoms with Crippen molar-refractivity contribution < 1.29 is 12.8 Å². The highest BCUT2D eigenvalue weighted by Crippen LogP contribution is 2.29. The summed E-state index contributed by atoms with van der Waals surface area (Å²) in [7, 11) is -2.42.